The van der Waals surface area contributed by atoms with Gasteiger partial charge in [-0.2, -0.15) is 0 Å². The van der Waals surface area contributed by atoms with Gasteiger partial charge in [0.1, 0.15) is 17.5 Å². The molecule has 0 spiro atoms. The molecule has 0 N–H and O–H groups in total. The molecular weight excluding hydrogens is 473 g/mol. The van der Waals surface area contributed by atoms with Gasteiger partial charge in [-0.25, -0.2) is 13.2 Å². The molecule has 2 aromatic rings. The molecule has 0 aromatic heterocycles. The van der Waals surface area contributed by atoms with E-state index in [9.17, 15) is 18.0 Å². The van der Waals surface area contributed by atoms with Crippen LogP contribution in [-0.2, 0) is 15.1 Å². The van der Waals surface area contributed by atoms with Crippen LogP contribution in [0.3, 0.4) is 0 Å². The molecule has 2 saturated heterocycles. The average molecular weight is 501 g/mol. The van der Waals surface area contributed by atoms with Gasteiger partial charge >= 0.3 is 0 Å². The van der Waals surface area contributed by atoms with Gasteiger partial charge in [0.2, 0.25) is 5.92 Å². The van der Waals surface area contributed by atoms with Crippen molar-refractivity contribution in [2.75, 3.05) is 26.8 Å². The average Bonchev–Trinajstić information content (AvgIpc) is 3.11. The van der Waals surface area contributed by atoms with Crippen molar-refractivity contribution in [3.8, 4) is 11.5 Å². The Bertz CT molecular complexity index is 1160. The minimum Gasteiger partial charge on any atom is -0.493 e. The molecule has 2 aromatic carbocycles. The number of likely N-dealkylation sites (tertiary alicyclic amines) is 1. The highest BCUT2D eigenvalue weighted by molar-refractivity contribution is 6.38. The van der Waals surface area contributed by atoms with Gasteiger partial charge in [-0.15, -0.1) is 0 Å². The first-order chi connectivity index (χ1) is 17.0. The predicted molar refractivity (Wildman–Crippen MR) is 131 cm³/mol. The molecular formula is C25H28B2F3NO5. The standard InChI is InChI=1S/C25H28B2F3NO5/c1-33-20-9-16(5-6-19(20)34-14-15-11-23(29,30)12-15)22(32)31-8-7-24(17-3-2-4-18(28)10-17)21(13-31)35-25(26,27)36-24/h2-6,9-10,15,21H,7-8,11-14,26-27H2,1H3. The maximum Gasteiger partial charge on any atom is 0.254 e. The molecule has 0 radical (unpaired) electrons. The smallest absolute Gasteiger partial charge is 0.254 e. The van der Waals surface area contributed by atoms with E-state index in [2.05, 4.69) is 0 Å². The Hall–Kier alpha value is -2.65. The van der Waals surface area contributed by atoms with Crippen LogP contribution in [0.1, 0.15) is 35.2 Å². The normalized spacial score (nSPS) is 26.7. The van der Waals surface area contributed by atoms with Crippen LogP contribution in [0.25, 0.3) is 0 Å². The monoisotopic (exact) mass is 501 g/mol. The van der Waals surface area contributed by atoms with Crippen molar-refractivity contribution in [1.82, 2.24) is 4.90 Å². The van der Waals surface area contributed by atoms with Crippen LogP contribution in [0.2, 0.25) is 0 Å². The topological polar surface area (TPSA) is 57.2 Å². The number of halogens is 3. The van der Waals surface area contributed by atoms with Crippen LogP contribution in [0.15, 0.2) is 42.5 Å². The lowest BCUT2D eigenvalue weighted by molar-refractivity contribution is -0.119. The number of piperidine rings is 1. The highest BCUT2D eigenvalue weighted by Crippen LogP contribution is 2.47. The van der Waals surface area contributed by atoms with E-state index in [1.54, 1.807) is 29.2 Å². The first-order valence-electron chi connectivity index (χ1n) is 12.1. The molecule has 3 fully saturated rings. The number of alkyl halides is 2. The Morgan fingerprint density at radius 1 is 1.17 bits per heavy atom. The predicted octanol–water partition coefficient (Wildman–Crippen LogP) is 2.29. The highest BCUT2D eigenvalue weighted by atomic mass is 19.3. The number of fused-ring (bicyclic) bond motifs is 1. The largest absolute Gasteiger partial charge is 0.493 e. The van der Waals surface area contributed by atoms with Gasteiger partial charge in [0.15, 0.2) is 27.2 Å². The molecule has 3 aliphatic rings. The minimum atomic E-state index is -2.60. The minimum absolute atomic E-state index is 0.169. The van der Waals surface area contributed by atoms with Gasteiger partial charge in [-0.1, -0.05) is 12.1 Å². The van der Waals surface area contributed by atoms with E-state index in [1.807, 2.05) is 21.8 Å². The summed E-state index contributed by atoms with van der Waals surface area (Å²) in [5, 5.41) is 0. The third kappa shape index (κ3) is 4.70. The summed E-state index contributed by atoms with van der Waals surface area (Å²) in [6, 6.07) is 11.2. The number of rotatable bonds is 6. The number of carbonyl (C=O) groups excluding carboxylic acids is 1. The maximum absolute atomic E-state index is 14.0. The molecule has 2 atom stereocenters. The van der Waals surface area contributed by atoms with E-state index in [4.69, 9.17) is 18.9 Å². The van der Waals surface area contributed by atoms with Crippen molar-refractivity contribution in [3.63, 3.8) is 0 Å². The number of hydrogen-bond donors (Lipinski definition) is 0. The van der Waals surface area contributed by atoms with Crippen molar-refractivity contribution in [2.24, 2.45) is 5.92 Å². The maximum atomic E-state index is 14.0. The molecule has 2 aliphatic heterocycles. The van der Waals surface area contributed by atoms with Crippen LogP contribution in [-0.4, -0.2) is 70.9 Å². The summed E-state index contributed by atoms with van der Waals surface area (Å²) in [5.41, 5.74) is -0.637. The molecule has 5 rings (SSSR count). The van der Waals surface area contributed by atoms with Crippen LogP contribution >= 0.6 is 0 Å². The van der Waals surface area contributed by atoms with Gasteiger partial charge in [0.25, 0.3) is 5.91 Å². The molecule has 11 heteroatoms. The molecule has 1 aliphatic carbocycles. The fourth-order valence-electron chi connectivity index (χ4n) is 5.49. The van der Waals surface area contributed by atoms with Crippen molar-refractivity contribution in [1.29, 1.82) is 0 Å². The quantitative estimate of drug-likeness (QED) is 0.570. The Kier molecular flexibility index (Phi) is 6.27. The number of amides is 1. The number of methoxy groups -OCH3 is 1. The first kappa shape index (κ1) is 25.0. The molecule has 2 unspecified atom stereocenters. The summed E-state index contributed by atoms with van der Waals surface area (Å²) in [7, 11) is 5.09. The summed E-state index contributed by atoms with van der Waals surface area (Å²) in [6.07, 6.45) is -0.388. The van der Waals surface area contributed by atoms with Gasteiger partial charge in [0, 0.05) is 37.3 Å². The second kappa shape index (κ2) is 9.03. The van der Waals surface area contributed by atoms with Crippen LogP contribution in [0.4, 0.5) is 13.2 Å². The Labute approximate surface area is 209 Å². The fourth-order valence-corrected chi connectivity index (χ4v) is 5.49. The second-order valence-electron chi connectivity index (χ2n) is 10.3. The zero-order valence-corrected chi connectivity index (χ0v) is 20.6. The van der Waals surface area contributed by atoms with Gasteiger partial charge in [-0.3, -0.25) is 4.79 Å². The van der Waals surface area contributed by atoms with E-state index in [-0.39, 0.29) is 43.6 Å². The van der Waals surface area contributed by atoms with E-state index in [0.717, 1.165) is 0 Å². The van der Waals surface area contributed by atoms with E-state index >= 15 is 0 Å². The summed E-state index contributed by atoms with van der Waals surface area (Å²) < 4.78 is 63.8. The summed E-state index contributed by atoms with van der Waals surface area (Å²) in [5.74, 6) is -2.59. The van der Waals surface area contributed by atoms with Gasteiger partial charge in [0.05, 0.1) is 25.8 Å². The zero-order valence-electron chi connectivity index (χ0n) is 20.6. The third-order valence-corrected chi connectivity index (χ3v) is 7.17. The van der Waals surface area contributed by atoms with Gasteiger partial charge < -0.3 is 23.8 Å². The molecule has 1 saturated carbocycles. The van der Waals surface area contributed by atoms with Gasteiger partial charge in [-0.05, 0) is 35.9 Å². The summed E-state index contributed by atoms with van der Waals surface area (Å²) in [6.45, 7) is 0.833. The number of carbonyl (C=O) groups is 1. The number of ether oxygens (including phenoxy) is 4. The van der Waals surface area contributed by atoms with Crippen molar-refractivity contribution in [2.45, 2.75) is 42.5 Å². The van der Waals surface area contributed by atoms with E-state index in [1.165, 1.54) is 19.2 Å². The van der Waals surface area contributed by atoms with E-state index < -0.39 is 23.2 Å². The molecule has 0 bridgehead atoms. The fraction of sp³-hybridized carbons (Fsp3) is 0.480. The molecule has 6 nitrogen and oxygen atoms in total. The molecule has 36 heavy (non-hydrogen) atoms. The van der Waals surface area contributed by atoms with Crippen LogP contribution in [0.5, 0.6) is 11.5 Å². The molecule has 190 valence electrons. The Balaban J connectivity index is 1.30. The lowest BCUT2D eigenvalue weighted by Gasteiger charge is -2.42. The first-order valence-corrected chi connectivity index (χ1v) is 12.1. The number of benzene rings is 2. The Morgan fingerprint density at radius 2 is 1.94 bits per heavy atom. The second-order valence-corrected chi connectivity index (χ2v) is 10.3. The lowest BCUT2D eigenvalue weighted by Crippen LogP contribution is -2.53. The van der Waals surface area contributed by atoms with Crippen LogP contribution < -0.4 is 9.47 Å². The van der Waals surface area contributed by atoms with E-state index in [0.29, 0.717) is 35.6 Å². The SMILES string of the molecule is BC1(B)OC2CN(C(=O)c3ccc(OCC4CC(F)(F)C4)c(OC)c3)CCC2(c2cccc(F)c2)O1. The van der Waals surface area contributed by atoms with Crippen molar-refractivity contribution < 1.29 is 36.9 Å². The van der Waals surface area contributed by atoms with Crippen molar-refractivity contribution >= 4 is 21.6 Å². The lowest BCUT2D eigenvalue weighted by atomic mass is 9.76. The third-order valence-electron chi connectivity index (χ3n) is 7.17. The highest BCUT2D eigenvalue weighted by Gasteiger charge is 2.56. The number of hydrogen-bond acceptors (Lipinski definition) is 5. The molecule has 1 amide bonds. The van der Waals surface area contributed by atoms with Crippen LogP contribution in [0, 0.1) is 11.7 Å². The molecule has 2 heterocycles. The van der Waals surface area contributed by atoms with Crippen molar-refractivity contribution in [3.05, 3.63) is 59.4 Å². The number of nitrogens with zero attached hydrogens (tertiary/aromatic N) is 1. The summed E-state index contributed by atoms with van der Waals surface area (Å²) in [4.78, 5) is 15.1. The summed E-state index contributed by atoms with van der Waals surface area (Å²) >= 11 is 0. The Morgan fingerprint density at radius 3 is 2.64 bits per heavy atom. The zero-order chi connectivity index (χ0) is 25.7.